The first-order chi connectivity index (χ1) is 12.6. The molecule has 2 aliphatic rings. The zero-order valence-electron chi connectivity index (χ0n) is 15.7. The lowest BCUT2D eigenvalue weighted by molar-refractivity contribution is 0.366. The number of benzene rings is 1. The lowest BCUT2D eigenvalue weighted by Crippen LogP contribution is -2.53. The molecule has 0 saturated carbocycles. The molecule has 2 N–H and O–H groups in total. The Balaban J connectivity index is 1.55. The Morgan fingerprint density at radius 2 is 2.19 bits per heavy atom. The minimum atomic E-state index is 0.473. The van der Waals surface area contributed by atoms with Gasteiger partial charge in [0.2, 0.25) is 5.95 Å². The monoisotopic (exact) mass is 350 g/mol. The molecule has 1 unspecified atom stereocenters. The number of hydrogen-bond donors (Lipinski definition) is 2. The third-order valence-electron chi connectivity index (χ3n) is 5.15. The van der Waals surface area contributed by atoms with Crippen LogP contribution in [-0.4, -0.2) is 41.9 Å². The fourth-order valence-electron chi connectivity index (χ4n) is 3.43. The van der Waals surface area contributed by atoms with Crippen molar-refractivity contribution in [3.63, 3.8) is 0 Å². The van der Waals surface area contributed by atoms with Crippen molar-refractivity contribution < 1.29 is 0 Å². The Labute approximate surface area is 154 Å². The van der Waals surface area contributed by atoms with E-state index in [1.54, 1.807) is 0 Å². The van der Waals surface area contributed by atoms with E-state index >= 15 is 0 Å². The van der Waals surface area contributed by atoms with E-state index in [0.717, 1.165) is 49.2 Å². The summed E-state index contributed by atoms with van der Waals surface area (Å²) in [4.78, 5) is 16.0. The molecule has 2 aromatic rings. The van der Waals surface area contributed by atoms with Crippen molar-refractivity contribution in [2.75, 3.05) is 29.9 Å². The molecule has 6 heteroatoms. The van der Waals surface area contributed by atoms with Gasteiger partial charge in [0, 0.05) is 49.3 Å². The fraction of sp³-hybridized carbons (Fsp3) is 0.450. The summed E-state index contributed by atoms with van der Waals surface area (Å²) in [5.41, 5.74) is 4.53. The molecule has 0 amide bonds. The zero-order valence-corrected chi connectivity index (χ0v) is 15.7. The van der Waals surface area contributed by atoms with E-state index in [9.17, 15) is 0 Å². The second kappa shape index (κ2) is 7.03. The molecule has 1 aromatic carbocycles. The summed E-state index contributed by atoms with van der Waals surface area (Å²) in [5.74, 6) is 2.26. The predicted octanol–water partition coefficient (Wildman–Crippen LogP) is 2.90. The quantitative estimate of drug-likeness (QED) is 0.888. The Morgan fingerprint density at radius 3 is 3.04 bits per heavy atom. The van der Waals surface area contributed by atoms with Gasteiger partial charge in [-0.25, -0.2) is 4.98 Å². The molecule has 136 valence electrons. The third-order valence-corrected chi connectivity index (χ3v) is 5.15. The molecule has 6 nitrogen and oxygen atoms in total. The van der Waals surface area contributed by atoms with Crippen molar-refractivity contribution in [1.29, 1.82) is 0 Å². The number of nitrogens with zero attached hydrogens (tertiary/aromatic N) is 4. The number of piperazine rings is 1. The van der Waals surface area contributed by atoms with E-state index in [1.165, 1.54) is 11.1 Å². The molecule has 26 heavy (non-hydrogen) atoms. The maximum Gasteiger partial charge on any atom is 0.227 e. The number of nitrogens with one attached hydrogen (secondary N) is 2. The van der Waals surface area contributed by atoms with Gasteiger partial charge in [-0.3, -0.25) is 4.99 Å². The van der Waals surface area contributed by atoms with Crippen molar-refractivity contribution >= 4 is 23.7 Å². The first-order valence-corrected chi connectivity index (χ1v) is 9.32. The van der Waals surface area contributed by atoms with Crippen LogP contribution < -0.4 is 15.5 Å². The molecule has 1 aromatic heterocycles. The van der Waals surface area contributed by atoms with Gasteiger partial charge in [0.25, 0.3) is 0 Å². The Bertz CT molecular complexity index is 829. The second-order valence-electron chi connectivity index (χ2n) is 7.46. The molecule has 2 aliphatic heterocycles. The van der Waals surface area contributed by atoms with Crippen LogP contribution in [0.2, 0.25) is 0 Å². The van der Waals surface area contributed by atoms with Crippen LogP contribution in [0.5, 0.6) is 0 Å². The summed E-state index contributed by atoms with van der Waals surface area (Å²) in [5, 5.41) is 7.04. The Kier molecular flexibility index (Phi) is 4.59. The molecule has 1 atom stereocenters. The van der Waals surface area contributed by atoms with Gasteiger partial charge in [-0.15, -0.1) is 0 Å². The van der Waals surface area contributed by atoms with E-state index in [0.29, 0.717) is 12.0 Å². The van der Waals surface area contributed by atoms with E-state index in [1.807, 2.05) is 19.3 Å². The molecule has 1 saturated heterocycles. The Morgan fingerprint density at radius 1 is 1.31 bits per heavy atom. The summed E-state index contributed by atoms with van der Waals surface area (Å²) < 4.78 is 0. The number of anilines is 3. The highest BCUT2D eigenvalue weighted by molar-refractivity contribution is 5.86. The van der Waals surface area contributed by atoms with Gasteiger partial charge in [-0.2, -0.15) is 4.98 Å². The number of rotatable bonds is 4. The molecule has 0 bridgehead atoms. The van der Waals surface area contributed by atoms with Crippen molar-refractivity contribution in [1.82, 2.24) is 15.3 Å². The topological polar surface area (TPSA) is 65.4 Å². The molecule has 0 radical (unpaired) electrons. The molecular weight excluding hydrogens is 324 g/mol. The lowest BCUT2D eigenvalue weighted by Gasteiger charge is -2.35. The van der Waals surface area contributed by atoms with Crippen LogP contribution in [0.15, 0.2) is 29.4 Å². The van der Waals surface area contributed by atoms with Gasteiger partial charge in [-0.05, 0) is 36.1 Å². The highest BCUT2D eigenvalue weighted by Crippen LogP contribution is 2.24. The molecule has 0 aliphatic carbocycles. The summed E-state index contributed by atoms with van der Waals surface area (Å²) in [7, 11) is 0. The molecule has 3 heterocycles. The number of aliphatic imine (C=N–C) groups is 1. The van der Waals surface area contributed by atoms with Gasteiger partial charge in [0.15, 0.2) is 0 Å². The van der Waals surface area contributed by atoms with E-state index in [2.05, 4.69) is 57.6 Å². The normalized spacial score (nSPS) is 19.1. The molecular formula is C20H26N6. The maximum absolute atomic E-state index is 4.82. The predicted molar refractivity (Wildman–Crippen MR) is 107 cm³/mol. The van der Waals surface area contributed by atoms with Crippen LogP contribution in [0.3, 0.4) is 0 Å². The van der Waals surface area contributed by atoms with E-state index in [4.69, 9.17) is 4.98 Å². The minimum Gasteiger partial charge on any atom is -0.340 e. The zero-order chi connectivity index (χ0) is 18.1. The number of hydrogen-bond acceptors (Lipinski definition) is 6. The summed E-state index contributed by atoms with van der Waals surface area (Å²) in [6.07, 6.45) is 3.84. The van der Waals surface area contributed by atoms with Crippen LogP contribution in [0.1, 0.15) is 30.5 Å². The van der Waals surface area contributed by atoms with Crippen LogP contribution in [0.25, 0.3) is 0 Å². The minimum absolute atomic E-state index is 0.473. The van der Waals surface area contributed by atoms with Crippen molar-refractivity contribution in [3.05, 3.63) is 41.1 Å². The number of aromatic nitrogens is 2. The Hall–Kier alpha value is -2.47. The molecule has 4 rings (SSSR count). The fourth-order valence-corrected chi connectivity index (χ4v) is 3.43. The maximum atomic E-state index is 4.82. The molecule has 1 fully saturated rings. The van der Waals surface area contributed by atoms with Crippen LogP contribution in [-0.2, 0) is 6.54 Å². The smallest absolute Gasteiger partial charge is 0.227 e. The van der Waals surface area contributed by atoms with Crippen LogP contribution in [0, 0.1) is 12.8 Å². The highest BCUT2D eigenvalue weighted by Gasteiger charge is 2.23. The lowest BCUT2D eigenvalue weighted by atomic mass is 10.0. The number of fused-ring (bicyclic) bond motifs is 1. The standard InChI is InChI=1S/C20H26N6/c1-13(2)18-12-26(7-6-22-18)20-23-9-14(3)19(25-20)24-17-5-4-15-10-21-11-16(15)8-17/h4-5,8-9,11,13,18,22H,6-7,10,12H2,1-3H3,(H,23,24,25). The van der Waals surface area contributed by atoms with Gasteiger partial charge in [0.05, 0.1) is 6.54 Å². The largest absolute Gasteiger partial charge is 0.340 e. The highest BCUT2D eigenvalue weighted by atomic mass is 15.3. The SMILES string of the molecule is Cc1cnc(N2CCNC(C(C)C)C2)nc1Nc1ccc2c(c1)C=NC2. The van der Waals surface area contributed by atoms with Crippen molar-refractivity contribution in [2.24, 2.45) is 10.9 Å². The van der Waals surface area contributed by atoms with Gasteiger partial charge < -0.3 is 15.5 Å². The average molecular weight is 350 g/mol. The number of aryl methyl sites for hydroxylation is 1. The third kappa shape index (κ3) is 3.42. The summed E-state index contributed by atoms with van der Waals surface area (Å²) in [6.45, 7) is 10.2. The first kappa shape index (κ1) is 17.0. The van der Waals surface area contributed by atoms with Crippen LogP contribution in [0.4, 0.5) is 17.5 Å². The summed E-state index contributed by atoms with van der Waals surface area (Å²) in [6, 6.07) is 6.83. The van der Waals surface area contributed by atoms with Crippen molar-refractivity contribution in [3.8, 4) is 0 Å². The average Bonchev–Trinajstić information content (AvgIpc) is 3.11. The van der Waals surface area contributed by atoms with Gasteiger partial charge >= 0.3 is 0 Å². The van der Waals surface area contributed by atoms with Crippen LogP contribution >= 0.6 is 0 Å². The molecule has 0 spiro atoms. The summed E-state index contributed by atoms with van der Waals surface area (Å²) >= 11 is 0. The van der Waals surface area contributed by atoms with E-state index in [-0.39, 0.29) is 0 Å². The van der Waals surface area contributed by atoms with Crippen molar-refractivity contribution in [2.45, 2.75) is 33.4 Å². The van der Waals surface area contributed by atoms with Gasteiger partial charge in [0.1, 0.15) is 5.82 Å². The second-order valence-corrected chi connectivity index (χ2v) is 7.46. The van der Waals surface area contributed by atoms with E-state index < -0.39 is 0 Å². The first-order valence-electron chi connectivity index (χ1n) is 9.32. The van der Waals surface area contributed by atoms with Gasteiger partial charge in [-0.1, -0.05) is 19.9 Å².